The average molecular weight is 260 g/mol. The van der Waals surface area contributed by atoms with Crippen LogP contribution in [0.4, 0.5) is 0 Å². The van der Waals surface area contributed by atoms with E-state index in [-0.39, 0.29) is 11.9 Å². The van der Waals surface area contributed by atoms with Crippen molar-refractivity contribution in [2.75, 3.05) is 27.2 Å². The summed E-state index contributed by atoms with van der Waals surface area (Å²) in [5.74, 6) is 0.860. The first kappa shape index (κ1) is 14.1. The van der Waals surface area contributed by atoms with E-state index in [1.807, 2.05) is 54.2 Å². The largest absolute Gasteiger partial charge is 0.341 e. The molecule has 0 radical (unpaired) electrons. The van der Waals surface area contributed by atoms with Gasteiger partial charge in [0.2, 0.25) is 5.91 Å². The normalized spacial score (nSPS) is 21.5. The second-order valence-electron chi connectivity index (χ2n) is 5.81. The molecule has 0 aromatic heterocycles. The van der Waals surface area contributed by atoms with Crippen LogP contribution in [0.2, 0.25) is 0 Å². The van der Waals surface area contributed by atoms with Gasteiger partial charge in [-0.1, -0.05) is 37.3 Å². The summed E-state index contributed by atoms with van der Waals surface area (Å²) in [7, 11) is 3.95. The lowest BCUT2D eigenvalue weighted by atomic mass is 9.98. The predicted octanol–water partition coefficient (Wildman–Crippen LogP) is 2.55. The zero-order valence-electron chi connectivity index (χ0n) is 12.2. The molecule has 2 atom stereocenters. The molecule has 3 heteroatoms. The van der Waals surface area contributed by atoms with Crippen molar-refractivity contribution in [2.45, 2.75) is 25.8 Å². The highest BCUT2D eigenvalue weighted by molar-refractivity contribution is 5.83. The Bertz CT molecular complexity index is 416. The van der Waals surface area contributed by atoms with Gasteiger partial charge in [-0.2, -0.15) is 0 Å². The molecule has 0 saturated carbocycles. The quantitative estimate of drug-likeness (QED) is 0.834. The van der Waals surface area contributed by atoms with Crippen molar-refractivity contribution in [3.05, 3.63) is 35.9 Å². The number of amides is 1. The lowest BCUT2D eigenvalue weighted by molar-refractivity contribution is -0.138. The monoisotopic (exact) mass is 260 g/mol. The molecule has 3 nitrogen and oxygen atoms in total. The second kappa shape index (κ2) is 6.20. The van der Waals surface area contributed by atoms with Gasteiger partial charge in [0.25, 0.3) is 0 Å². The molecular weight excluding hydrogens is 236 g/mol. The Hall–Kier alpha value is -1.35. The van der Waals surface area contributed by atoms with Gasteiger partial charge in [0, 0.05) is 13.1 Å². The summed E-state index contributed by atoms with van der Waals surface area (Å²) in [5, 5.41) is 0. The Morgan fingerprint density at radius 1 is 1.32 bits per heavy atom. The lowest BCUT2D eigenvalue weighted by Gasteiger charge is -2.35. The van der Waals surface area contributed by atoms with Crippen LogP contribution in [0, 0.1) is 5.92 Å². The van der Waals surface area contributed by atoms with Crippen molar-refractivity contribution in [2.24, 2.45) is 5.92 Å². The summed E-state index contributed by atoms with van der Waals surface area (Å²) >= 11 is 0. The van der Waals surface area contributed by atoms with Crippen LogP contribution in [0.1, 0.15) is 31.4 Å². The molecule has 1 amide bonds. The van der Waals surface area contributed by atoms with Gasteiger partial charge in [-0.15, -0.1) is 0 Å². The van der Waals surface area contributed by atoms with Gasteiger partial charge in [-0.25, -0.2) is 0 Å². The number of carbonyl (C=O) groups is 1. The molecule has 19 heavy (non-hydrogen) atoms. The molecule has 1 saturated heterocycles. The molecule has 1 aromatic carbocycles. The van der Waals surface area contributed by atoms with Crippen molar-refractivity contribution >= 4 is 5.91 Å². The van der Waals surface area contributed by atoms with Gasteiger partial charge < -0.3 is 4.90 Å². The van der Waals surface area contributed by atoms with Crippen LogP contribution in [0.3, 0.4) is 0 Å². The molecule has 0 aliphatic carbocycles. The topological polar surface area (TPSA) is 23.6 Å². The fraction of sp³-hybridized carbons (Fsp3) is 0.562. The van der Waals surface area contributed by atoms with Crippen molar-refractivity contribution in [3.8, 4) is 0 Å². The molecule has 104 valence electrons. The number of hydrogen-bond acceptors (Lipinski definition) is 2. The number of likely N-dealkylation sites (N-methyl/N-ethyl adjacent to an activating group) is 1. The summed E-state index contributed by atoms with van der Waals surface area (Å²) in [6.07, 6.45) is 2.36. The van der Waals surface area contributed by atoms with E-state index in [9.17, 15) is 4.79 Å². The van der Waals surface area contributed by atoms with E-state index >= 15 is 0 Å². The van der Waals surface area contributed by atoms with Crippen LogP contribution >= 0.6 is 0 Å². The Labute approximate surface area is 116 Å². The molecule has 1 aliphatic rings. The minimum Gasteiger partial charge on any atom is -0.341 e. The average Bonchev–Trinajstić information content (AvgIpc) is 2.39. The summed E-state index contributed by atoms with van der Waals surface area (Å²) < 4.78 is 0. The third-order valence-electron chi connectivity index (χ3n) is 3.83. The van der Waals surface area contributed by atoms with Gasteiger partial charge in [-0.3, -0.25) is 9.69 Å². The number of rotatable bonds is 3. The van der Waals surface area contributed by atoms with E-state index in [1.165, 1.54) is 6.42 Å². The molecule has 2 unspecified atom stereocenters. The molecular formula is C16H24N2O. The highest BCUT2D eigenvalue weighted by Crippen LogP contribution is 2.24. The maximum Gasteiger partial charge on any atom is 0.244 e. The van der Waals surface area contributed by atoms with Gasteiger partial charge in [0.05, 0.1) is 0 Å². The van der Waals surface area contributed by atoms with Crippen LogP contribution in [0.5, 0.6) is 0 Å². The Balaban J connectivity index is 2.17. The van der Waals surface area contributed by atoms with Crippen molar-refractivity contribution in [1.82, 2.24) is 9.80 Å². The van der Waals surface area contributed by atoms with Gasteiger partial charge >= 0.3 is 0 Å². The van der Waals surface area contributed by atoms with Gasteiger partial charge in [-0.05, 0) is 38.4 Å². The maximum absolute atomic E-state index is 12.8. The third kappa shape index (κ3) is 3.35. The standard InChI is InChI=1S/C16H24N2O/c1-13-8-7-11-18(12-13)16(19)15(17(2)3)14-9-5-4-6-10-14/h4-6,9-10,13,15H,7-8,11-12H2,1-3H3. The molecule has 1 aliphatic heterocycles. The number of carbonyl (C=O) groups excluding carboxylic acids is 1. The Morgan fingerprint density at radius 2 is 2.00 bits per heavy atom. The summed E-state index contributed by atoms with van der Waals surface area (Å²) in [6, 6.07) is 9.90. The number of hydrogen-bond donors (Lipinski definition) is 0. The molecule has 2 rings (SSSR count). The minimum absolute atomic E-state index is 0.161. The van der Waals surface area contributed by atoms with Gasteiger partial charge in [0.15, 0.2) is 0 Å². The van der Waals surface area contributed by atoms with Crippen molar-refractivity contribution in [1.29, 1.82) is 0 Å². The fourth-order valence-electron chi connectivity index (χ4n) is 2.86. The number of nitrogens with zero attached hydrogens (tertiary/aromatic N) is 2. The molecule has 0 N–H and O–H groups in total. The second-order valence-corrected chi connectivity index (χ2v) is 5.81. The van der Waals surface area contributed by atoms with Crippen LogP contribution in [-0.4, -0.2) is 42.9 Å². The minimum atomic E-state index is -0.161. The zero-order chi connectivity index (χ0) is 13.8. The van der Waals surface area contributed by atoms with Crippen LogP contribution in [0.15, 0.2) is 30.3 Å². The third-order valence-corrected chi connectivity index (χ3v) is 3.83. The van der Waals surface area contributed by atoms with E-state index in [0.29, 0.717) is 5.92 Å². The summed E-state index contributed by atoms with van der Waals surface area (Å²) in [4.78, 5) is 16.8. The first-order chi connectivity index (χ1) is 9.09. The van der Waals surface area contributed by atoms with Gasteiger partial charge in [0.1, 0.15) is 6.04 Å². The maximum atomic E-state index is 12.8. The highest BCUT2D eigenvalue weighted by atomic mass is 16.2. The number of benzene rings is 1. The first-order valence-electron chi connectivity index (χ1n) is 7.09. The van der Waals surface area contributed by atoms with Crippen LogP contribution in [-0.2, 0) is 4.79 Å². The smallest absolute Gasteiger partial charge is 0.244 e. The fourth-order valence-corrected chi connectivity index (χ4v) is 2.86. The molecule has 1 fully saturated rings. The van der Waals surface area contributed by atoms with E-state index < -0.39 is 0 Å². The first-order valence-corrected chi connectivity index (χ1v) is 7.09. The summed E-state index contributed by atoms with van der Waals surface area (Å²) in [6.45, 7) is 4.03. The lowest BCUT2D eigenvalue weighted by Crippen LogP contribution is -2.45. The van der Waals surface area contributed by atoms with Crippen LogP contribution < -0.4 is 0 Å². The van der Waals surface area contributed by atoms with Crippen molar-refractivity contribution < 1.29 is 4.79 Å². The molecule has 1 aromatic rings. The molecule has 0 spiro atoms. The number of piperidine rings is 1. The Morgan fingerprint density at radius 3 is 2.58 bits per heavy atom. The SMILES string of the molecule is CC1CCCN(C(=O)C(c2ccccc2)N(C)C)C1. The molecule has 1 heterocycles. The van der Waals surface area contributed by atoms with Crippen molar-refractivity contribution in [3.63, 3.8) is 0 Å². The van der Waals surface area contributed by atoms with E-state index in [4.69, 9.17) is 0 Å². The zero-order valence-corrected chi connectivity index (χ0v) is 12.2. The predicted molar refractivity (Wildman–Crippen MR) is 77.8 cm³/mol. The summed E-state index contributed by atoms with van der Waals surface area (Å²) in [5.41, 5.74) is 1.08. The van der Waals surface area contributed by atoms with E-state index in [2.05, 4.69) is 6.92 Å². The van der Waals surface area contributed by atoms with E-state index in [0.717, 1.165) is 25.1 Å². The van der Waals surface area contributed by atoms with E-state index in [1.54, 1.807) is 0 Å². The van der Waals surface area contributed by atoms with Crippen LogP contribution in [0.25, 0.3) is 0 Å². The number of likely N-dealkylation sites (tertiary alicyclic amines) is 1. The highest BCUT2D eigenvalue weighted by Gasteiger charge is 2.29. The molecule has 0 bridgehead atoms. The Kier molecular flexibility index (Phi) is 4.59.